The highest BCUT2D eigenvalue weighted by Gasteiger charge is 2.27. The Morgan fingerprint density at radius 3 is 2.60 bits per heavy atom. The largest absolute Gasteiger partial charge is 0.229 e. The van der Waals surface area contributed by atoms with Crippen LogP contribution in [0.15, 0.2) is 5.18 Å². The van der Waals surface area contributed by atoms with Crippen LogP contribution in [-0.2, 0) is 9.84 Å². The van der Waals surface area contributed by atoms with Crippen LogP contribution in [0.25, 0.3) is 0 Å². The molecule has 1 atom stereocenters. The zero-order chi connectivity index (χ0) is 7.61. The van der Waals surface area contributed by atoms with E-state index in [1.165, 1.54) is 0 Å². The smallest absolute Gasteiger partial charge is 0.150 e. The minimum Gasteiger partial charge on any atom is -0.229 e. The van der Waals surface area contributed by atoms with Crippen molar-refractivity contribution < 1.29 is 8.42 Å². The van der Waals surface area contributed by atoms with Crippen molar-refractivity contribution in [3.05, 3.63) is 4.91 Å². The second-order valence-corrected chi connectivity index (χ2v) is 4.81. The summed E-state index contributed by atoms with van der Waals surface area (Å²) in [6.45, 7) is 0.152. The highest BCUT2D eigenvalue weighted by atomic mass is 32.2. The average Bonchev–Trinajstić information content (AvgIpc) is 2.12. The van der Waals surface area contributed by atoms with Crippen LogP contribution in [0.1, 0.15) is 6.42 Å². The molecular formula is C5H9NO3S. The number of rotatable bonds is 2. The van der Waals surface area contributed by atoms with Gasteiger partial charge in [-0.25, -0.2) is 8.42 Å². The van der Waals surface area contributed by atoms with Gasteiger partial charge in [-0.05, 0) is 12.3 Å². The Bertz CT molecular complexity index is 221. The molecule has 0 amide bonds. The molecule has 1 unspecified atom stereocenters. The molecule has 1 saturated heterocycles. The van der Waals surface area contributed by atoms with Gasteiger partial charge in [0.2, 0.25) is 0 Å². The second-order valence-electron chi connectivity index (χ2n) is 2.58. The molecule has 1 rings (SSSR count). The first kappa shape index (κ1) is 7.65. The van der Waals surface area contributed by atoms with Gasteiger partial charge >= 0.3 is 0 Å². The summed E-state index contributed by atoms with van der Waals surface area (Å²) < 4.78 is 21.5. The molecule has 1 fully saturated rings. The van der Waals surface area contributed by atoms with Crippen molar-refractivity contribution in [1.29, 1.82) is 0 Å². The van der Waals surface area contributed by atoms with Gasteiger partial charge in [0.05, 0.1) is 18.1 Å². The van der Waals surface area contributed by atoms with E-state index in [4.69, 9.17) is 0 Å². The van der Waals surface area contributed by atoms with E-state index in [0.717, 1.165) is 0 Å². The highest BCUT2D eigenvalue weighted by Crippen LogP contribution is 2.17. The Balaban J connectivity index is 2.51. The summed E-state index contributed by atoms with van der Waals surface area (Å²) in [7, 11) is -2.82. The molecule has 0 N–H and O–H groups in total. The summed E-state index contributed by atoms with van der Waals surface area (Å²) in [5, 5.41) is 2.67. The fraction of sp³-hybridized carbons (Fsp3) is 1.00. The van der Waals surface area contributed by atoms with E-state index in [-0.39, 0.29) is 24.0 Å². The van der Waals surface area contributed by atoms with Crippen LogP contribution in [0.2, 0.25) is 0 Å². The van der Waals surface area contributed by atoms with Crippen molar-refractivity contribution in [2.24, 2.45) is 11.1 Å². The number of nitrogens with zero attached hydrogens (tertiary/aromatic N) is 1. The van der Waals surface area contributed by atoms with Gasteiger partial charge in [-0.15, -0.1) is 0 Å². The molecule has 0 aromatic heterocycles. The molecule has 0 spiro atoms. The van der Waals surface area contributed by atoms with Crippen molar-refractivity contribution in [1.82, 2.24) is 0 Å². The maximum absolute atomic E-state index is 10.8. The van der Waals surface area contributed by atoms with Gasteiger partial charge in [0.25, 0.3) is 0 Å². The Hall–Kier alpha value is -0.450. The molecule has 0 aromatic carbocycles. The van der Waals surface area contributed by atoms with E-state index >= 15 is 0 Å². The van der Waals surface area contributed by atoms with E-state index < -0.39 is 9.84 Å². The molecule has 0 aromatic rings. The SMILES string of the molecule is O=NCC1CCS(=O)(=O)C1. The third-order valence-electron chi connectivity index (χ3n) is 1.66. The number of sulfone groups is 1. The van der Waals surface area contributed by atoms with Crippen LogP contribution in [-0.4, -0.2) is 26.5 Å². The molecule has 0 radical (unpaired) electrons. The van der Waals surface area contributed by atoms with Gasteiger partial charge in [-0.1, -0.05) is 5.18 Å². The van der Waals surface area contributed by atoms with Crippen LogP contribution < -0.4 is 0 Å². The third-order valence-corrected chi connectivity index (χ3v) is 3.50. The summed E-state index contributed by atoms with van der Waals surface area (Å²) in [5.41, 5.74) is 0. The lowest BCUT2D eigenvalue weighted by Gasteiger charge is -1.96. The maximum atomic E-state index is 10.8. The summed E-state index contributed by atoms with van der Waals surface area (Å²) in [6, 6.07) is 0. The predicted molar refractivity (Wildman–Crippen MR) is 37.4 cm³/mol. The molecule has 0 aliphatic carbocycles. The molecular weight excluding hydrogens is 154 g/mol. The minimum absolute atomic E-state index is 0.0116. The molecule has 4 nitrogen and oxygen atoms in total. The first-order valence-electron chi connectivity index (χ1n) is 3.13. The van der Waals surface area contributed by atoms with Gasteiger partial charge in [0, 0.05) is 0 Å². The first-order valence-corrected chi connectivity index (χ1v) is 4.96. The van der Waals surface area contributed by atoms with E-state index in [9.17, 15) is 13.3 Å². The Morgan fingerprint density at radius 1 is 1.50 bits per heavy atom. The third kappa shape index (κ3) is 1.76. The molecule has 5 heteroatoms. The zero-order valence-electron chi connectivity index (χ0n) is 5.49. The maximum Gasteiger partial charge on any atom is 0.150 e. The minimum atomic E-state index is -2.82. The number of hydrogen-bond acceptors (Lipinski definition) is 4. The summed E-state index contributed by atoms with van der Waals surface area (Å²) in [6.07, 6.45) is 0.605. The lowest BCUT2D eigenvalue weighted by atomic mass is 10.1. The van der Waals surface area contributed by atoms with Crippen LogP contribution in [0.4, 0.5) is 0 Å². The van der Waals surface area contributed by atoms with Gasteiger partial charge in [-0.2, -0.15) is 4.91 Å². The van der Waals surface area contributed by atoms with E-state index in [1.807, 2.05) is 0 Å². The monoisotopic (exact) mass is 163 g/mol. The number of hydrogen-bond donors (Lipinski definition) is 0. The quantitative estimate of drug-likeness (QED) is 0.546. The molecule has 10 heavy (non-hydrogen) atoms. The normalized spacial score (nSPS) is 30.2. The van der Waals surface area contributed by atoms with Crippen LogP contribution >= 0.6 is 0 Å². The van der Waals surface area contributed by atoms with Crippen molar-refractivity contribution >= 4 is 9.84 Å². The van der Waals surface area contributed by atoms with E-state index in [1.54, 1.807) is 0 Å². The second kappa shape index (κ2) is 2.65. The van der Waals surface area contributed by atoms with Crippen molar-refractivity contribution in [2.75, 3.05) is 18.1 Å². The van der Waals surface area contributed by atoms with E-state index in [2.05, 4.69) is 5.18 Å². The van der Waals surface area contributed by atoms with Gasteiger partial charge in [0.1, 0.15) is 0 Å². The van der Waals surface area contributed by atoms with Crippen molar-refractivity contribution in [3.8, 4) is 0 Å². The zero-order valence-corrected chi connectivity index (χ0v) is 6.30. The van der Waals surface area contributed by atoms with Crippen LogP contribution in [0, 0.1) is 10.8 Å². The standard InChI is InChI=1S/C5H9NO3S/c7-6-3-5-1-2-10(8,9)4-5/h5H,1-4H2. The van der Waals surface area contributed by atoms with Crippen molar-refractivity contribution in [3.63, 3.8) is 0 Å². The molecule has 0 bridgehead atoms. The Kier molecular flexibility index (Phi) is 2.03. The first-order chi connectivity index (χ1) is 4.64. The van der Waals surface area contributed by atoms with Crippen LogP contribution in [0.5, 0.6) is 0 Å². The fourth-order valence-electron chi connectivity index (χ4n) is 1.12. The van der Waals surface area contributed by atoms with Gasteiger partial charge in [0.15, 0.2) is 9.84 Å². The lowest BCUT2D eigenvalue weighted by molar-refractivity contribution is 0.590. The van der Waals surface area contributed by atoms with Gasteiger partial charge in [-0.3, -0.25) is 0 Å². The molecule has 0 saturated carbocycles. The van der Waals surface area contributed by atoms with E-state index in [0.29, 0.717) is 6.42 Å². The molecule has 1 aliphatic heterocycles. The number of nitroso groups, excluding NO2 is 1. The average molecular weight is 163 g/mol. The summed E-state index contributed by atoms with van der Waals surface area (Å²) >= 11 is 0. The molecule has 1 heterocycles. The van der Waals surface area contributed by atoms with Gasteiger partial charge < -0.3 is 0 Å². The topological polar surface area (TPSA) is 63.6 Å². The predicted octanol–water partition coefficient (Wildman–Crippen LogP) is 0.188. The van der Waals surface area contributed by atoms with Crippen molar-refractivity contribution in [2.45, 2.75) is 6.42 Å². The summed E-state index contributed by atoms with van der Waals surface area (Å²) in [5.74, 6) is 0.369. The Labute approximate surface area is 59.5 Å². The lowest BCUT2D eigenvalue weighted by Crippen LogP contribution is -2.06. The fourth-order valence-corrected chi connectivity index (χ4v) is 2.97. The highest BCUT2D eigenvalue weighted by molar-refractivity contribution is 7.91. The van der Waals surface area contributed by atoms with Crippen LogP contribution in [0.3, 0.4) is 0 Å². The Morgan fingerprint density at radius 2 is 2.20 bits per heavy atom. The molecule has 1 aliphatic rings. The summed E-state index contributed by atoms with van der Waals surface area (Å²) in [4.78, 5) is 9.73. The molecule has 58 valence electrons.